The second-order valence-electron chi connectivity index (χ2n) is 7.89. The van der Waals surface area contributed by atoms with E-state index >= 15 is 0 Å². The Morgan fingerprint density at radius 1 is 1.18 bits per heavy atom. The molecule has 0 saturated carbocycles. The van der Waals surface area contributed by atoms with Crippen LogP contribution in [0.5, 0.6) is 11.5 Å². The fraction of sp³-hybridized carbons (Fsp3) is 0.565. The summed E-state index contributed by atoms with van der Waals surface area (Å²) in [5.41, 5.74) is 0.691. The normalized spacial score (nSPS) is 15.7. The number of nitro benzene ring substituents is 1. The molecule has 10 heteroatoms. The third-order valence-corrected chi connectivity index (χ3v) is 4.83. The van der Waals surface area contributed by atoms with Crippen LogP contribution in [-0.4, -0.2) is 36.2 Å². The second kappa shape index (κ2) is 12.1. The smallest absolute Gasteiger partial charge is 0.338 e. The molecule has 0 aromatic heterocycles. The van der Waals surface area contributed by atoms with Gasteiger partial charge in [-0.15, -0.1) is 0 Å². The van der Waals surface area contributed by atoms with Gasteiger partial charge in [0, 0.05) is 11.8 Å². The molecule has 1 aliphatic rings. The van der Waals surface area contributed by atoms with Gasteiger partial charge >= 0.3 is 17.7 Å². The summed E-state index contributed by atoms with van der Waals surface area (Å²) in [6, 6.07) is 1.43. The van der Waals surface area contributed by atoms with E-state index in [-0.39, 0.29) is 42.1 Å². The fourth-order valence-electron chi connectivity index (χ4n) is 3.46. The highest BCUT2D eigenvalue weighted by Crippen LogP contribution is 2.42. The van der Waals surface area contributed by atoms with Crippen molar-refractivity contribution in [2.24, 2.45) is 0 Å². The number of nitrogens with one attached hydrogen (secondary N) is 2. The Labute approximate surface area is 193 Å². The van der Waals surface area contributed by atoms with Crippen molar-refractivity contribution >= 4 is 17.7 Å². The minimum atomic E-state index is -0.949. The Balaban J connectivity index is 2.69. The van der Waals surface area contributed by atoms with Gasteiger partial charge in [0.2, 0.25) is 5.75 Å². The van der Waals surface area contributed by atoms with Crippen LogP contribution in [0.3, 0.4) is 0 Å². The largest absolute Gasteiger partial charge is 0.490 e. The molecule has 2 amide bonds. The first kappa shape index (κ1) is 26.0. The summed E-state index contributed by atoms with van der Waals surface area (Å²) in [5.74, 6) is -0.399. The van der Waals surface area contributed by atoms with Crippen LogP contribution in [0.1, 0.15) is 71.9 Å². The lowest BCUT2D eigenvalue weighted by Crippen LogP contribution is -2.46. The van der Waals surface area contributed by atoms with Crippen LogP contribution < -0.4 is 20.1 Å². The lowest BCUT2D eigenvalue weighted by Gasteiger charge is -2.30. The van der Waals surface area contributed by atoms with Gasteiger partial charge < -0.3 is 24.8 Å². The van der Waals surface area contributed by atoms with E-state index in [4.69, 9.17) is 14.2 Å². The number of carbonyl (C=O) groups excluding carboxylic acids is 2. The Morgan fingerprint density at radius 3 is 2.48 bits per heavy atom. The number of nitro groups is 1. The highest BCUT2D eigenvalue weighted by Gasteiger charge is 2.36. The molecule has 0 aliphatic carbocycles. The van der Waals surface area contributed by atoms with Crippen LogP contribution in [0.15, 0.2) is 23.4 Å². The van der Waals surface area contributed by atoms with Crippen molar-refractivity contribution in [3.63, 3.8) is 0 Å². The molecular weight excluding hydrogens is 430 g/mol. The summed E-state index contributed by atoms with van der Waals surface area (Å²) in [4.78, 5) is 36.8. The topological polar surface area (TPSA) is 129 Å². The van der Waals surface area contributed by atoms with Gasteiger partial charge in [0.25, 0.3) is 0 Å². The van der Waals surface area contributed by atoms with Crippen molar-refractivity contribution < 1.29 is 28.7 Å². The predicted molar refractivity (Wildman–Crippen MR) is 122 cm³/mol. The molecule has 33 heavy (non-hydrogen) atoms. The van der Waals surface area contributed by atoms with Crippen LogP contribution in [-0.2, 0) is 9.53 Å². The number of amides is 2. The van der Waals surface area contributed by atoms with Crippen LogP contribution in [0, 0.1) is 10.1 Å². The summed E-state index contributed by atoms with van der Waals surface area (Å²) in [6.07, 6.45) is 2.33. The number of allylic oxidation sites excluding steroid dienone is 1. The van der Waals surface area contributed by atoms with Crippen molar-refractivity contribution in [1.82, 2.24) is 10.6 Å². The monoisotopic (exact) mass is 463 g/mol. The molecule has 1 aromatic carbocycles. The maximum Gasteiger partial charge on any atom is 0.338 e. The van der Waals surface area contributed by atoms with E-state index in [1.54, 1.807) is 26.8 Å². The fourth-order valence-corrected chi connectivity index (χ4v) is 3.46. The quantitative estimate of drug-likeness (QED) is 0.265. The van der Waals surface area contributed by atoms with E-state index in [1.165, 1.54) is 6.07 Å². The molecule has 2 rings (SSSR count). The molecule has 1 unspecified atom stereocenters. The average molecular weight is 464 g/mol. The lowest BCUT2D eigenvalue weighted by molar-refractivity contribution is -0.386. The molecule has 0 saturated heterocycles. The van der Waals surface area contributed by atoms with Gasteiger partial charge in [0.05, 0.1) is 35.9 Å². The zero-order chi connectivity index (χ0) is 24.5. The van der Waals surface area contributed by atoms with Crippen LogP contribution in [0.25, 0.3) is 0 Å². The number of rotatable bonds is 12. The zero-order valence-electron chi connectivity index (χ0n) is 19.9. The number of nitrogens with zero attached hydrogens (tertiary/aromatic N) is 1. The van der Waals surface area contributed by atoms with E-state index < -0.39 is 23.0 Å². The van der Waals surface area contributed by atoms with Gasteiger partial charge in [-0.05, 0) is 51.7 Å². The second-order valence-corrected chi connectivity index (χ2v) is 7.89. The van der Waals surface area contributed by atoms with Crippen molar-refractivity contribution in [3.8, 4) is 11.5 Å². The lowest BCUT2D eigenvalue weighted by atomic mass is 9.92. The highest BCUT2D eigenvalue weighted by molar-refractivity contribution is 5.95. The Morgan fingerprint density at radius 2 is 1.91 bits per heavy atom. The van der Waals surface area contributed by atoms with Gasteiger partial charge in [0.15, 0.2) is 5.75 Å². The third kappa shape index (κ3) is 6.59. The van der Waals surface area contributed by atoms with E-state index in [0.717, 1.165) is 12.8 Å². The zero-order valence-corrected chi connectivity index (χ0v) is 19.9. The standard InChI is InChI=1S/C23H33N3O7/c1-6-9-10-16-19(22(27)33-14(4)5)20(25-23(28)24-16)15-12-17(26(29)30)21(32-11-7-2)18(13-15)31-8-3/h12-14,20H,6-11H2,1-5H3,(H2,24,25,28). The number of ether oxygens (including phenoxy) is 3. The number of hydrogen-bond acceptors (Lipinski definition) is 7. The molecule has 1 aromatic rings. The molecule has 0 radical (unpaired) electrons. The third-order valence-electron chi connectivity index (χ3n) is 4.83. The van der Waals surface area contributed by atoms with Crippen molar-refractivity contribution in [2.75, 3.05) is 13.2 Å². The molecule has 1 atom stereocenters. The van der Waals surface area contributed by atoms with Gasteiger partial charge in [0.1, 0.15) is 0 Å². The maximum absolute atomic E-state index is 13.0. The van der Waals surface area contributed by atoms with E-state index in [2.05, 4.69) is 10.6 Å². The Hall–Kier alpha value is -3.30. The molecular formula is C23H33N3O7. The Kier molecular flexibility index (Phi) is 9.50. The number of hydrogen-bond donors (Lipinski definition) is 2. The first-order valence-electron chi connectivity index (χ1n) is 11.3. The van der Waals surface area contributed by atoms with E-state index in [0.29, 0.717) is 24.1 Å². The summed E-state index contributed by atoms with van der Waals surface area (Å²) in [6.45, 7) is 9.62. The van der Waals surface area contributed by atoms with Crippen LogP contribution in [0.2, 0.25) is 0 Å². The molecule has 0 spiro atoms. The molecule has 1 heterocycles. The minimum Gasteiger partial charge on any atom is -0.490 e. The SMILES string of the molecule is CCCCC1=C(C(=O)OC(C)C)C(c2cc(OCC)c(OCCC)c([N+](=O)[O-])c2)NC(=O)N1. The van der Waals surface area contributed by atoms with Gasteiger partial charge in [-0.25, -0.2) is 9.59 Å². The minimum absolute atomic E-state index is 0.0224. The Bertz CT molecular complexity index is 912. The first-order valence-corrected chi connectivity index (χ1v) is 11.3. The van der Waals surface area contributed by atoms with Crippen molar-refractivity contribution in [1.29, 1.82) is 0 Å². The van der Waals surface area contributed by atoms with Crippen molar-refractivity contribution in [3.05, 3.63) is 39.1 Å². The first-order chi connectivity index (χ1) is 15.7. The summed E-state index contributed by atoms with van der Waals surface area (Å²) >= 11 is 0. The summed E-state index contributed by atoms with van der Waals surface area (Å²) in [7, 11) is 0. The molecule has 1 aliphatic heterocycles. The van der Waals surface area contributed by atoms with Gasteiger partial charge in [-0.3, -0.25) is 10.1 Å². The predicted octanol–water partition coefficient (Wildman–Crippen LogP) is 4.53. The number of esters is 1. The number of urea groups is 1. The van der Waals surface area contributed by atoms with Crippen LogP contribution in [0.4, 0.5) is 10.5 Å². The van der Waals surface area contributed by atoms with Crippen LogP contribution >= 0.6 is 0 Å². The number of benzene rings is 1. The average Bonchev–Trinajstić information content (AvgIpc) is 2.75. The van der Waals surface area contributed by atoms with Gasteiger partial charge in [-0.2, -0.15) is 0 Å². The molecule has 0 fully saturated rings. The summed E-state index contributed by atoms with van der Waals surface area (Å²) in [5, 5.41) is 17.3. The number of carbonyl (C=O) groups is 2. The van der Waals surface area contributed by atoms with Crippen molar-refractivity contribution in [2.45, 2.75) is 72.4 Å². The van der Waals surface area contributed by atoms with Gasteiger partial charge in [-0.1, -0.05) is 20.3 Å². The molecule has 182 valence electrons. The summed E-state index contributed by atoms with van der Waals surface area (Å²) < 4.78 is 16.7. The maximum atomic E-state index is 13.0. The van der Waals surface area contributed by atoms with E-state index in [9.17, 15) is 19.7 Å². The van der Waals surface area contributed by atoms with E-state index in [1.807, 2.05) is 13.8 Å². The molecule has 2 N–H and O–H groups in total. The molecule has 0 bridgehead atoms. The number of unbranched alkanes of at least 4 members (excludes halogenated alkanes) is 1. The molecule has 10 nitrogen and oxygen atoms in total. The highest BCUT2D eigenvalue weighted by atomic mass is 16.6.